The van der Waals surface area contributed by atoms with E-state index in [-0.39, 0.29) is 23.3 Å². The van der Waals surface area contributed by atoms with Gasteiger partial charge in [-0.2, -0.15) is 10.4 Å². The highest BCUT2D eigenvalue weighted by Gasteiger charge is 2.33. The first-order chi connectivity index (χ1) is 19.0. The number of allylic oxidation sites excluding steroid dienone is 1. The number of amides is 1. The number of fused-ring (bicyclic) bond motifs is 1. The van der Waals surface area contributed by atoms with E-state index in [0.717, 1.165) is 31.2 Å². The highest BCUT2D eigenvalue weighted by atomic mass is 19.1. The molecule has 0 bridgehead atoms. The van der Waals surface area contributed by atoms with Crippen LogP contribution < -0.4 is 10.5 Å². The first kappa shape index (κ1) is 24.6. The Hall–Kier alpha value is -4.78. The number of nitrogen functional groups attached to an aromatic ring is 1. The summed E-state index contributed by atoms with van der Waals surface area (Å²) < 4.78 is 21.4. The minimum atomic E-state index is -0.444. The molecular weight excluding hydrogens is 497 g/mol. The van der Waals surface area contributed by atoms with Crippen LogP contribution in [0, 0.1) is 23.1 Å². The quantitative estimate of drug-likeness (QED) is 0.271. The molecule has 2 aromatic carbocycles. The molecule has 196 valence electrons. The fourth-order valence-corrected chi connectivity index (χ4v) is 5.00. The van der Waals surface area contributed by atoms with Gasteiger partial charge in [0.25, 0.3) is 5.91 Å². The summed E-state index contributed by atoms with van der Waals surface area (Å²) in [6, 6.07) is 15.3. The van der Waals surface area contributed by atoms with Gasteiger partial charge >= 0.3 is 0 Å². The lowest BCUT2D eigenvalue weighted by Crippen LogP contribution is -2.39. The Kier molecular flexibility index (Phi) is 6.40. The van der Waals surface area contributed by atoms with Gasteiger partial charge in [0.05, 0.1) is 18.0 Å². The molecule has 1 atom stereocenters. The number of para-hydroxylation sites is 1. The molecule has 2 fully saturated rings. The van der Waals surface area contributed by atoms with Crippen LogP contribution in [0.3, 0.4) is 0 Å². The van der Waals surface area contributed by atoms with E-state index in [1.165, 1.54) is 12.4 Å². The third-order valence-electron chi connectivity index (χ3n) is 7.15. The summed E-state index contributed by atoms with van der Waals surface area (Å²) in [6.45, 7) is 1.01. The Morgan fingerprint density at radius 3 is 2.69 bits per heavy atom. The van der Waals surface area contributed by atoms with Crippen LogP contribution in [-0.2, 0) is 11.3 Å². The maximum atomic E-state index is 14.0. The van der Waals surface area contributed by atoms with E-state index in [2.05, 4.69) is 16.0 Å². The number of nitrogens with two attached hydrogens (primary N) is 1. The van der Waals surface area contributed by atoms with E-state index < -0.39 is 5.82 Å². The van der Waals surface area contributed by atoms with Gasteiger partial charge in [-0.05, 0) is 68.0 Å². The van der Waals surface area contributed by atoms with Gasteiger partial charge in [0, 0.05) is 12.1 Å². The lowest BCUT2D eigenvalue weighted by Gasteiger charge is -2.24. The van der Waals surface area contributed by atoms with E-state index in [1.807, 2.05) is 18.2 Å². The zero-order valence-electron chi connectivity index (χ0n) is 21.1. The van der Waals surface area contributed by atoms with Crippen LogP contribution >= 0.6 is 0 Å². The van der Waals surface area contributed by atoms with Gasteiger partial charge in [-0.3, -0.25) is 4.79 Å². The van der Waals surface area contributed by atoms with Crippen LogP contribution in [0.2, 0.25) is 0 Å². The standard InChI is InChI=1S/C29H26FN7O2/c30-23-5-1-2-6-24(23)39-22-11-9-19(10-12-22)26-25-27(32)33-17-34-28(25)37(35-26)16-21-4-3-13-36(21)29(38)20(15-31)14-18-7-8-18/h1-2,5-6,9-12,14,17-18,21H,3-4,7-8,13,16H2,(H2,32,33,34)/b20-14-/t21-/m1/s1. The third kappa shape index (κ3) is 4.91. The number of ether oxygens (including phenoxy) is 1. The summed E-state index contributed by atoms with van der Waals surface area (Å²) in [6.07, 6.45) is 6.92. The lowest BCUT2D eigenvalue weighted by molar-refractivity contribution is -0.127. The van der Waals surface area contributed by atoms with Crippen molar-refractivity contribution in [3.63, 3.8) is 0 Å². The number of rotatable bonds is 7. The highest BCUT2D eigenvalue weighted by molar-refractivity contribution is 5.99. The number of nitriles is 1. The zero-order valence-corrected chi connectivity index (χ0v) is 21.1. The lowest BCUT2D eigenvalue weighted by atomic mass is 10.1. The Labute approximate surface area is 224 Å². The second kappa shape index (κ2) is 10.2. The molecule has 10 heteroatoms. The molecule has 0 unspecified atom stereocenters. The van der Waals surface area contributed by atoms with Crippen molar-refractivity contribution in [1.29, 1.82) is 5.26 Å². The summed E-state index contributed by atoms with van der Waals surface area (Å²) in [5.74, 6) is 0.588. The number of benzene rings is 2. The number of hydrogen-bond acceptors (Lipinski definition) is 7. The number of carbonyl (C=O) groups is 1. The fraction of sp³-hybridized carbons (Fsp3) is 0.276. The number of nitrogens with zero attached hydrogens (tertiary/aromatic N) is 6. The molecular formula is C29H26FN7O2. The Bertz CT molecular complexity index is 1620. The highest BCUT2D eigenvalue weighted by Crippen LogP contribution is 2.34. The smallest absolute Gasteiger partial charge is 0.264 e. The maximum absolute atomic E-state index is 14.0. The van der Waals surface area contributed by atoms with Gasteiger partial charge in [0.15, 0.2) is 17.2 Å². The Morgan fingerprint density at radius 2 is 1.95 bits per heavy atom. The molecule has 2 aromatic heterocycles. The van der Waals surface area contributed by atoms with Crippen molar-refractivity contribution in [2.75, 3.05) is 12.3 Å². The van der Waals surface area contributed by atoms with Crippen LogP contribution in [0.15, 0.2) is 66.5 Å². The van der Waals surface area contributed by atoms with Crippen LogP contribution in [-0.4, -0.2) is 43.1 Å². The second-order valence-corrected chi connectivity index (χ2v) is 9.87. The van der Waals surface area contributed by atoms with Crippen molar-refractivity contribution in [2.45, 2.75) is 38.3 Å². The first-order valence-corrected chi connectivity index (χ1v) is 12.9. The predicted molar refractivity (Wildman–Crippen MR) is 143 cm³/mol. The monoisotopic (exact) mass is 523 g/mol. The topological polar surface area (TPSA) is 123 Å². The first-order valence-electron chi connectivity index (χ1n) is 12.9. The van der Waals surface area contributed by atoms with Crippen molar-refractivity contribution in [3.05, 3.63) is 72.3 Å². The molecule has 1 aliphatic heterocycles. The van der Waals surface area contributed by atoms with Crippen molar-refractivity contribution >= 4 is 22.8 Å². The number of carbonyl (C=O) groups excluding carboxylic acids is 1. The molecule has 1 saturated carbocycles. The summed E-state index contributed by atoms with van der Waals surface area (Å²) >= 11 is 0. The van der Waals surface area contributed by atoms with Crippen LogP contribution in [0.4, 0.5) is 10.2 Å². The van der Waals surface area contributed by atoms with E-state index in [9.17, 15) is 14.4 Å². The normalized spacial score (nSPS) is 17.4. The third-order valence-corrected chi connectivity index (χ3v) is 7.15. The van der Waals surface area contributed by atoms with E-state index in [1.54, 1.807) is 39.9 Å². The molecule has 1 amide bonds. The molecule has 1 saturated heterocycles. The minimum Gasteiger partial charge on any atom is -0.454 e. The Morgan fingerprint density at radius 1 is 1.15 bits per heavy atom. The summed E-state index contributed by atoms with van der Waals surface area (Å²) in [5.41, 5.74) is 8.42. The van der Waals surface area contributed by atoms with E-state index in [4.69, 9.17) is 15.6 Å². The Balaban J connectivity index is 1.29. The van der Waals surface area contributed by atoms with Gasteiger partial charge in [0.2, 0.25) is 0 Å². The van der Waals surface area contributed by atoms with Crippen LogP contribution in [0.25, 0.3) is 22.3 Å². The minimum absolute atomic E-state index is 0.128. The second-order valence-electron chi connectivity index (χ2n) is 9.87. The van der Waals surface area contributed by atoms with Gasteiger partial charge in [-0.1, -0.05) is 18.2 Å². The number of halogens is 1. The molecule has 1 aliphatic carbocycles. The number of likely N-dealkylation sites (tertiary alicyclic amines) is 1. The van der Waals surface area contributed by atoms with Gasteiger partial charge < -0.3 is 15.4 Å². The van der Waals surface area contributed by atoms with Gasteiger partial charge in [0.1, 0.15) is 35.2 Å². The number of anilines is 1. The average molecular weight is 524 g/mol. The number of aromatic nitrogens is 4. The summed E-state index contributed by atoms with van der Waals surface area (Å²) in [5, 5.41) is 15.0. The predicted octanol–water partition coefficient (Wildman–Crippen LogP) is 4.86. The molecule has 9 nitrogen and oxygen atoms in total. The molecule has 3 heterocycles. The zero-order chi connectivity index (χ0) is 26.9. The van der Waals surface area contributed by atoms with Crippen LogP contribution in [0.5, 0.6) is 11.5 Å². The molecule has 2 aliphatic rings. The van der Waals surface area contributed by atoms with Crippen molar-refractivity contribution < 1.29 is 13.9 Å². The SMILES string of the molecule is N#C/C(=C/C1CC1)C(=O)N1CCC[C@@H]1Cn1nc(-c2ccc(Oc3ccccc3F)cc2)c2c(N)ncnc21. The largest absolute Gasteiger partial charge is 0.454 e. The average Bonchev–Trinajstić information content (AvgIpc) is 3.52. The summed E-state index contributed by atoms with van der Waals surface area (Å²) in [7, 11) is 0. The maximum Gasteiger partial charge on any atom is 0.264 e. The van der Waals surface area contributed by atoms with Crippen molar-refractivity contribution in [1.82, 2.24) is 24.6 Å². The summed E-state index contributed by atoms with van der Waals surface area (Å²) in [4.78, 5) is 23.6. The number of hydrogen-bond donors (Lipinski definition) is 1. The molecule has 2 N–H and O–H groups in total. The fourth-order valence-electron chi connectivity index (χ4n) is 5.00. The molecule has 6 rings (SSSR count). The van der Waals surface area contributed by atoms with Crippen molar-refractivity contribution in [2.24, 2.45) is 5.92 Å². The van der Waals surface area contributed by atoms with Crippen LogP contribution in [0.1, 0.15) is 25.7 Å². The molecule has 4 aromatic rings. The van der Waals surface area contributed by atoms with Gasteiger partial charge in [-0.15, -0.1) is 0 Å². The van der Waals surface area contributed by atoms with E-state index in [0.29, 0.717) is 47.3 Å². The molecule has 39 heavy (non-hydrogen) atoms. The van der Waals surface area contributed by atoms with E-state index >= 15 is 0 Å². The van der Waals surface area contributed by atoms with Gasteiger partial charge in [-0.25, -0.2) is 19.0 Å². The molecule has 0 spiro atoms. The van der Waals surface area contributed by atoms with Crippen molar-refractivity contribution in [3.8, 4) is 28.8 Å². The molecule has 0 radical (unpaired) electrons.